The molecule has 1 amide bonds. The van der Waals surface area contributed by atoms with Gasteiger partial charge in [0.1, 0.15) is 0 Å². The number of likely N-dealkylation sites (tertiary alicyclic amines) is 1. The Morgan fingerprint density at radius 2 is 2.42 bits per heavy atom. The molecule has 0 unspecified atom stereocenters. The fourth-order valence-corrected chi connectivity index (χ4v) is 3.28. The van der Waals surface area contributed by atoms with Crippen molar-refractivity contribution in [1.29, 1.82) is 0 Å². The van der Waals surface area contributed by atoms with E-state index < -0.39 is 0 Å². The van der Waals surface area contributed by atoms with Crippen molar-refractivity contribution in [3.05, 3.63) is 16.6 Å². The maximum Gasteiger partial charge on any atom is 0.222 e. The number of thiazole rings is 1. The molecule has 0 aromatic carbocycles. The van der Waals surface area contributed by atoms with E-state index in [2.05, 4.69) is 22.6 Å². The van der Waals surface area contributed by atoms with Gasteiger partial charge in [0.25, 0.3) is 0 Å². The van der Waals surface area contributed by atoms with Crippen molar-refractivity contribution in [3.8, 4) is 0 Å². The smallest absolute Gasteiger partial charge is 0.222 e. The van der Waals surface area contributed by atoms with Gasteiger partial charge in [0.2, 0.25) is 5.91 Å². The highest BCUT2D eigenvalue weighted by molar-refractivity contribution is 7.07. The Hall–Kier alpha value is -0.940. The number of hydrogen-bond acceptors (Lipinski definition) is 4. The molecule has 1 N–H and O–H groups in total. The molecule has 19 heavy (non-hydrogen) atoms. The Morgan fingerprint density at radius 1 is 1.58 bits per heavy atom. The first-order chi connectivity index (χ1) is 9.24. The molecule has 1 aliphatic rings. The lowest BCUT2D eigenvalue weighted by molar-refractivity contribution is -0.133. The number of piperidine rings is 1. The lowest BCUT2D eigenvalue weighted by Gasteiger charge is -2.38. The topological polar surface area (TPSA) is 45.2 Å². The Balaban J connectivity index is 1.86. The molecule has 1 aromatic rings. The van der Waals surface area contributed by atoms with Crippen LogP contribution in [0.5, 0.6) is 0 Å². The van der Waals surface area contributed by atoms with Gasteiger partial charge in [-0.1, -0.05) is 20.3 Å². The van der Waals surface area contributed by atoms with Gasteiger partial charge in [-0.15, -0.1) is 11.3 Å². The fourth-order valence-electron chi connectivity index (χ4n) is 2.73. The summed E-state index contributed by atoms with van der Waals surface area (Å²) < 4.78 is 0. The number of carbonyl (C=O) groups excluding carboxylic acids is 1. The first kappa shape index (κ1) is 14.5. The van der Waals surface area contributed by atoms with E-state index in [0.29, 0.717) is 18.4 Å². The molecule has 1 aliphatic heterocycles. The quantitative estimate of drug-likeness (QED) is 0.900. The van der Waals surface area contributed by atoms with Gasteiger partial charge in [0.15, 0.2) is 0 Å². The van der Waals surface area contributed by atoms with Crippen LogP contribution in [0.25, 0.3) is 0 Å². The summed E-state index contributed by atoms with van der Waals surface area (Å²) in [5.41, 5.74) is 2.99. The molecule has 0 radical (unpaired) electrons. The van der Waals surface area contributed by atoms with E-state index in [9.17, 15) is 4.79 Å². The largest absolute Gasteiger partial charge is 0.342 e. The van der Waals surface area contributed by atoms with Crippen molar-refractivity contribution in [2.45, 2.75) is 45.7 Å². The molecule has 0 spiro atoms. The fraction of sp³-hybridized carbons (Fsp3) is 0.714. The summed E-state index contributed by atoms with van der Waals surface area (Å²) in [7, 11) is 0. The molecule has 2 atom stereocenters. The zero-order chi connectivity index (χ0) is 13.7. The van der Waals surface area contributed by atoms with E-state index >= 15 is 0 Å². The van der Waals surface area contributed by atoms with Gasteiger partial charge < -0.3 is 10.2 Å². The number of aromatic nitrogens is 1. The molecule has 2 heterocycles. The highest BCUT2D eigenvalue weighted by Crippen LogP contribution is 2.21. The predicted octanol–water partition coefficient (Wildman–Crippen LogP) is 2.27. The van der Waals surface area contributed by atoms with E-state index in [0.717, 1.165) is 38.2 Å². The lowest BCUT2D eigenvalue weighted by atomic mass is 9.89. The third-order valence-electron chi connectivity index (χ3n) is 3.94. The third kappa shape index (κ3) is 3.76. The second-order valence-electron chi connectivity index (χ2n) is 5.12. The molecule has 4 nitrogen and oxygen atoms in total. The van der Waals surface area contributed by atoms with Gasteiger partial charge in [-0.25, -0.2) is 4.98 Å². The standard InChI is InChI=1S/C14H23N3OS/c1-3-11-8-17(14(18)4-2)6-5-13(11)15-7-12-9-19-10-16-12/h9-11,13,15H,3-8H2,1-2H3/t11-,13+/m1/s1. The highest BCUT2D eigenvalue weighted by atomic mass is 32.1. The average molecular weight is 281 g/mol. The van der Waals surface area contributed by atoms with Crippen LogP contribution in [-0.2, 0) is 11.3 Å². The Labute approximate surface area is 119 Å². The molecule has 1 fully saturated rings. The van der Waals surface area contributed by atoms with Gasteiger partial charge in [-0.2, -0.15) is 0 Å². The van der Waals surface area contributed by atoms with Crippen LogP contribution in [0.3, 0.4) is 0 Å². The maximum atomic E-state index is 11.8. The number of carbonyl (C=O) groups is 1. The minimum Gasteiger partial charge on any atom is -0.342 e. The minimum absolute atomic E-state index is 0.288. The Bertz CT molecular complexity index is 393. The van der Waals surface area contributed by atoms with E-state index in [1.165, 1.54) is 0 Å². The van der Waals surface area contributed by atoms with E-state index in [-0.39, 0.29) is 5.91 Å². The van der Waals surface area contributed by atoms with Gasteiger partial charge in [0.05, 0.1) is 11.2 Å². The van der Waals surface area contributed by atoms with Crippen LogP contribution in [-0.4, -0.2) is 34.9 Å². The van der Waals surface area contributed by atoms with Crippen LogP contribution in [0.15, 0.2) is 10.9 Å². The van der Waals surface area contributed by atoms with E-state index in [1.807, 2.05) is 17.3 Å². The van der Waals surface area contributed by atoms with Crippen molar-refractivity contribution in [3.63, 3.8) is 0 Å². The average Bonchev–Trinajstić information content (AvgIpc) is 2.97. The van der Waals surface area contributed by atoms with Gasteiger partial charge in [-0.05, 0) is 12.3 Å². The first-order valence-corrected chi connectivity index (χ1v) is 8.07. The second kappa shape index (κ2) is 7.01. The van der Waals surface area contributed by atoms with Crippen LogP contribution in [0.4, 0.5) is 0 Å². The molecule has 1 saturated heterocycles. The summed E-state index contributed by atoms with van der Waals surface area (Å²) in [5.74, 6) is 0.847. The van der Waals surface area contributed by atoms with Crippen molar-refractivity contribution >= 4 is 17.2 Å². The van der Waals surface area contributed by atoms with Crippen molar-refractivity contribution in [1.82, 2.24) is 15.2 Å². The third-order valence-corrected chi connectivity index (χ3v) is 4.58. The van der Waals surface area contributed by atoms with Crippen molar-refractivity contribution in [2.75, 3.05) is 13.1 Å². The summed E-state index contributed by atoms with van der Waals surface area (Å²) in [6.45, 7) is 6.78. The summed E-state index contributed by atoms with van der Waals surface area (Å²) >= 11 is 1.64. The molecule has 5 heteroatoms. The molecule has 0 bridgehead atoms. The number of nitrogens with zero attached hydrogens (tertiary/aromatic N) is 2. The van der Waals surface area contributed by atoms with E-state index in [4.69, 9.17) is 0 Å². The van der Waals surface area contributed by atoms with Crippen LogP contribution in [0.2, 0.25) is 0 Å². The Kier molecular flexibility index (Phi) is 5.34. The summed E-state index contributed by atoms with van der Waals surface area (Å²) in [6.07, 6.45) is 2.78. The van der Waals surface area contributed by atoms with E-state index in [1.54, 1.807) is 11.3 Å². The maximum absolute atomic E-state index is 11.8. The normalized spacial score (nSPS) is 23.6. The molecule has 0 saturated carbocycles. The predicted molar refractivity (Wildman–Crippen MR) is 78.0 cm³/mol. The summed E-state index contributed by atoms with van der Waals surface area (Å²) in [6, 6.07) is 0.507. The van der Waals surface area contributed by atoms with Crippen LogP contribution < -0.4 is 5.32 Å². The number of hydrogen-bond donors (Lipinski definition) is 1. The Morgan fingerprint density at radius 3 is 3.05 bits per heavy atom. The van der Waals surface area contributed by atoms with Gasteiger partial charge >= 0.3 is 0 Å². The minimum atomic E-state index is 0.288. The van der Waals surface area contributed by atoms with Crippen LogP contribution >= 0.6 is 11.3 Å². The zero-order valence-corrected chi connectivity index (χ0v) is 12.6. The highest BCUT2D eigenvalue weighted by Gasteiger charge is 2.29. The van der Waals surface area contributed by atoms with Gasteiger partial charge in [0, 0.05) is 37.5 Å². The van der Waals surface area contributed by atoms with Crippen LogP contribution in [0.1, 0.15) is 38.8 Å². The SMILES string of the molecule is CCC(=O)N1CC[C@H](NCc2cscn2)[C@H](CC)C1. The number of nitrogens with one attached hydrogen (secondary N) is 1. The van der Waals surface area contributed by atoms with Crippen molar-refractivity contribution in [2.24, 2.45) is 5.92 Å². The molecular formula is C14H23N3OS. The molecule has 2 rings (SSSR count). The second-order valence-corrected chi connectivity index (χ2v) is 5.84. The molecular weight excluding hydrogens is 258 g/mol. The zero-order valence-electron chi connectivity index (χ0n) is 11.8. The number of amides is 1. The van der Waals surface area contributed by atoms with Crippen LogP contribution in [0, 0.1) is 5.92 Å². The van der Waals surface area contributed by atoms with Gasteiger partial charge in [-0.3, -0.25) is 4.79 Å². The lowest BCUT2D eigenvalue weighted by Crippen LogP contribution is -2.50. The summed E-state index contributed by atoms with van der Waals surface area (Å²) in [5, 5.41) is 5.70. The number of rotatable bonds is 5. The molecule has 0 aliphatic carbocycles. The first-order valence-electron chi connectivity index (χ1n) is 7.12. The molecule has 106 valence electrons. The van der Waals surface area contributed by atoms with Crippen molar-refractivity contribution < 1.29 is 4.79 Å². The monoisotopic (exact) mass is 281 g/mol. The molecule has 1 aromatic heterocycles. The summed E-state index contributed by atoms with van der Waals surface area (Å²) in [4.78, 5) is 18.1.